The zero-order valence-corrected chi connectivity index (χ0v) is 7.85. The number of amides is 1. The van der Waals surface area contributed by atoms with Crippen LogP contribution in [0.3, 0.4) is 0 Å². The van der Waals surface area contributed by atoms with Crippen molar-refractivity contribution in [3.05, 3.63) is 0 Å². The molecule has 1 rings (SSSR count). The smallest absolute Gasteiger partial charge is 0.407 e. The molecule has 12 heavy (non-hydrogen) atoms. The number of hydrogen-bond acceptors (Lipinski definition) is 2. The van der Waals surface area contributed by atoms with Gasteiger partial charge in [-0.05, 0) is 19.8 Å². The van der Waals surface area contributed by atoms with E-state index in [4.69, 9.17) is 4.74 Å². The van der Waals surface area contributed by atoms with Gasteiger partial charge in [-0.25, -0.2) is 4.79 Å². The molecule has 0 aromatic carbocycles. The number of alkyl carbamates (subject to hydrolysis) is 1. The summed E-state index contributed by atoms with van der Waals surface area (Å²) in [6, 6.07) is 0. The fraction of sp³-hybridized carbons (Fsp3) is 0.889. The van der Waals surface area contributed by atoms with Crippen LogP contribution in [-0.4, -0.2) is 18.2 Å². The Morgan fingerprint density at radius 1 is 1.58 bits per heavy atom. The van der Waals surface area contributed by atoms with Gasteiger partial charge in [-0.15, -0.1) is 0 Å². The molecule has 1 fully saturated rings. The van der Waals surface area contributed by atoms with Gasteiger partial charge < -0.3 is 10.1 Å². The van der Waals surface area contributed by atoms with Crippen molar-refractivity contribution in [1.82, 2.24) is 5.32 Å². The third-order valence-corrected chi connectivity index (χ3v) is 2.25. The van der Waals surface area contributed by atoms with E-state index < -0.39 is 0 Å². The molecule has 0 aliphatic carbocycles. The Hall–Kier alpha value is -0.730. The minimum absolute atomic E-state index is 0.244. The highest BCUT2D eigenvalue weighted by atomic mass is 16.6. The molecule has 1 amide bonds. The summed E-state index contributed by atoms with van der Waals surface area (Å²) >= 11 is 0. The van der Waals surface area contributed by atoms with Crippen molar-refractivity contribution in [3.63, 3.8) is 0 Å². The van der Waals surface area contributed by atoms with E-state index in [1.165, 1.54) is 12.8 Å². The lowest BCUT2D eigenvalue weighted by Gasteiger charge is -2.20. The van der Waals surface area contributed by atoms with Crippen molar-refractivity contribution in [2.24, 2.45) is 0 Å². The minimum Gasteiger partial charge on any atom is -0.441 e. The quantitative estimate of drug-likeness (QED) is 0.657. The van der Waals surface area contributed by atoms with E-state index in [9.17, 15) is 4.79 Å². The van der Waals surface area contributed by atoms with E-state index in [1.807, 2.05) is 6.92 Å². The first kappa shape index (κ1) is 9.36. The second-order valence-electron chi connectivity index (χ2n) is 3.65. The van der Waals surface area contributed by atoms with Crippen LogP contribution in [0, 0.1) is 0 Å². The summed E-state index contributed by atoms with van der Waals surface area (Å²) < 4.78 is 5.15. The lowest BCUT2D eigenvalue weighted by atomic mass is 9.99. The summed E-state index contributed by atoms with van der Waals surface area (Å²) in [5.74, 6) is 0. The van der Waals surface area contributed by atoms with Crippen molar-refractivity contribution < 1.29 is 9.53 Å². The Morgan fingerprint density at radius 3 is 2.83 bits per heavy atom. The molecule has 1 saturated heterocycles. The highest BCUT2D eigenvalue weighted by Crippen LogP contribution is 2.22. The molecule has 1 heterocycles. The van der Waals surface area contributed by atoms with Crippen LogP contribution >= 0.6 is 0 Å². The molecule has 1 unspecified atom stereocenters. The van der Waals surface area contributed by atoms with Gasteiger partial charge in [0.05, 0.1) is 6.54 Å². The lowest BCUT2D eigenvalue weighted by molar-refractivity contribution is 0.0630. The topological polar surface area (TPSA) is 38.3 Å². The van der Waals surface area contributed by atoms with Crippen molar-refractivity contribution in [2.45, 2.75) is 45.1 Å². The first-order valence-electron chi connectivity index (χ1n) is 4.63. The molecule has 0 saturated carbocycles. The third kappa shape index (κ3) is 2.40. The van der Waals surface area contributed by atoms with Gasteiger partial charge in [0.1, 0.15) is 5.60 Å². The molecule has 0 spiro atoms. The third-order valence-electron chi connectivity index (χ3n) is 2.25. The van der Waals surface area contributed by atoms with Gasteiger partial charge in [-0.2, -0.15) is 0 Å². The molecule has 70 valence electrons. The zero-order chi connectivity index (χ0) is 9.03. The standard InChI is InChI=1S/C9H17NO2/c1-3-4-5-6-9(2)7-10-8(11)12-9/h3-7H2,1-2H3,(H,10,11). The predicted octanol–water partition coefficient (Wildman–Crippen LogP) is 2.07. The average molecular weight is 171 g/mol. The monoisotopic (exact) mass is 171 g/mol. The van der Waals surface area contributed by atoms with Gasteiger partial charge in [0.25, 0.3) is 0 Å². The van der Waals surface area contributed by atoms with Gasteiger partial charge in [0.15, 0.2) is 0 Å². The first-order valence-corrected chi connectivity index (χ1v) is 4.63. The molecular weight excluding hydrogens is 154 g/mol. The maximum atomic E-state index is 10.8. The molecular formula is C9H17NO2. The number of nitrogens with one attached hydrogen (secondary N) is 1. The number of carbonyl (C=O) groups excluding carboxylic acids is 1. The number of carbonyl (C=O) groups is 1. The van der Waals surface area contributed by atoms with Crippen LogP contribution in [0.1, 0.15) is 39.5 Å². The maximum absolute atomic E-state index is 10.8. The van der Waals surface area contributed by atoms with E-state index in [2.05, 4.69) is 12.2 Å². The van der Waals surface area contributed by atoms with Crippen LogP contribution in [0.15, 0.2) is 0 Å². The summed E-state index contributed by atoms with van der Waals surface area (Å²) in [7, 11) is 0. The van der Waals surface area contributed by atoms with Crippen molar-refractivity contribution >= 4 is 6.09 Å². The van der Waals surface area contributed by atoms with Crippen LogP contribution in [0.5, 0.6) is 0 Å². The van der Waals surface area contributed by atoms with E-state index in [1.54, 1.807) is 0 Å². The van der Waals surface area contributed by atoms with Crippen molar-refractivity contribution in [1.29, 1.82) is 0 Å². The zero-order valence-electron chi connectivity index (χ0n) is 7.85. The summed E-state index contributed by atoms with van der Waals surface area (Å²) in [6.45, 7) is 4.82. The van der Waals surface area contributed by atoms with Gasteiger partial charge in [-0.3, -0.25) is 0 Å². The van der Waals surface area contributed by atoms with Gasteiger partial charge in [-0.1, -0.05) is 19.8 Å². The molecule has 1 N–H and O–H groups in total. The predicted molar refractivity (Wildman–Crippen MR) is 47.0 cm³/mol. The Balaban J connectivity index is 2.25. The Morgan fingerprint density at radius 2 is 2.33 bits per heavy atom. The molecule has 0 aromatic rings. The number of unbranched alkanes of at least 4 members (excludes halogenated alkanes) is 2. The van der Waals surface area contributed by atoms with Gasteiger partial charge in [0, 0.05) is 0 Å². The van der Waals surface area contributed by atoms with Crippen LogP contribution < -0.4 is 5.32 Å². The molecule has 0 aromatic heterocycles. The van der Waals surface area contributed by atoms with Gasteiger partial charge >= 0.3 is 6.09 Å². The van der Waals surface area contributed by atoms with Crippen LogP contribution in [-0.2, 0) is 4.74 Å². The molecule has 1 aliphatic rings. The number of ether oxygens (including phenoxy) is 1. The number of cyclic esters (lactones) is 1. The molecule has 3 nitrogen and oxygen atoms in total. The second kappa shape index (κ2) is 3.78. The van der Waals surface area contributed by atoms with E-state index >= 15 is 0 Å². The van der Waals surface area contributed by atoms with E-state index in [0.29, 0.717) is 6.54 Å². The van der Waals surface area contributed by atoms with Crippen LogP contribution in [0.2, 0.25) is 0 Å². The molecule has 1 aliphatic heterocycles. The highest BCUT2D eigenvalue weighted by Gasteiger charge is 2.34. The van der Waals surface area contributed by atoms with Gasteiger partial charge in [0.2, 0.25) is 0 Å². The summed E-state index contributed by atoms with van der Waals surface area (Å²) in [4.78, 5) is 10.8. The number of hydrogen-bond donors (Lipinski definition) is 1. The lowest BCUT2D eigenvalue weighted by Crippen LogP contribution is -2.28. The summed E-state index contributed by atoms with van der Waals surface area (Å²) in [5, 5.41) is 2.68. The molecule has 3 heteroatoms. The fourth-order valence-electron chi connectivity index (χ4n) is 1.44. The summed E-state index contributed by atoms with van der Waals surface area (Å²) in [5.41, 5.74) is -0.244. The molecule has 1 atom stereocenters. The normalized spacial score (nSPS) is 28.3. The SMILES string of the molecule is CCCCCC1(C)CNC(=O)O1. The molecule has 0 bridgehead atoms. The van der Waals surface area contributed by atoms with Crippen LogP contribution in [0.25, 0.3) is 0 Å². The van der Waals surface area contributed by atoms with Crippen LogP contribution in [0.4, 0.5) is 4.79 Å². The Kier molecular flexibility index (Phi) is 2.95. The van der Waals surface area contributed by atoms with E-state index in [-0.39, 0.29) is 11.7 Å². The molecule has 0 radical (unpaired) electrons. The second-order valence-corrected chi connectivity index (χ2v) is 3.65. The number of rotatable bonds is 4. The first-order chi connectivity index (χ1) is 5.66. The Labute approximate surface area is 73.5 Å². The largest absolute Gasteiger partial charge is 0.441 e. The minimum atomic E-state index is -0.269. The maximum Gasteiger partial charge on any atom is 0.407 e. The fourth-order valence-corrected chi connectivity index (χ4v) is 1.44. The summed E-state index contributed by atoms with van der Waals surface area (Å²) in [6.07, 6.45) is 4.26. The Bertz CT molecular complexity index is 170. The average Bonchev–Trinajstić information content (AvgIpc) is 2.32. The van der Waals surface area contributed by atoms with Crippen molar-refractivity contribution in [3.8, 4) is 0 Å². The van der Waals surface area contributed by atoms with E-state index in [0.717, 1.165) is 12.8 Å². The van der Waals surface area contributed by atoms with Crippen molar-refractivity contribution in [2.75, 3.05) is 6.54 Å². The highest BCUT2D eigenvalue weighted by molar-refractivity contribution is 5.70.